The van der Waals surface area contributed by atoms with E-state index in [-0.39, 0.29) is 23.6 Å². The summed E-state index contributed by atoms with van der Waals surface area (Å²) in [5.41, 5.74) is 2.57. The van der Waals surface area contributed by atoms with Crippen molar-refractivity contribution in [3.05, 3.63) is 39.9 Å². The Morgan fingerprint density at radius 2 is 2.06 bits per heavy atom. The van der Waals surface area contributed by atoms with E-state index in [9.17, 15) is 19.7 Å². The van der Waals surface area contributed by atoms with Crippen LogP contribution in [0.15, 0.2) is 24.3 Å². The molecular weight excluding hydrogens is 242 g/mol. The molecule has 1 N–H and O–H groups in total. The molecular formula is C10H9N3O5. The van der Waals surface area contributed by atoms with E-state index in [1.807, 2.05) is 0 Å². The maximum absolute atomic E-state index is 11.6. The summed E-state index contributed by atoms with van der Waals surface area (Å²) in [7, 11) is 0. The monoisotopic (exact) mass is 251 g/mol. The van der Waals surface area contributed by atoms with Gasteiger partial charge < -0.3 is 4.84 Å². The molecule has 1 amide bonds. The molecule has 0 unspecified atom stereocenters. The predicted molar refractivity (Wildman–Crippen MR) is 58.0 cm³/mol. The molecule has 1 saturated heterocycles. The third-order valence-electron chi connectivity index (χ3n) is 2.31. The first-order valence-corrected chi connectivity index (χ1v) is 5.11. The van der Waals surface area contributed by atoms with Crippen molar-refractivity contribution in [2.75, 3.05) is 6.54 Å². The van der Waals surface area contributed by atoms with Crippen LogP contribution in [0.5, 0.6) is 0 Å². The molecule has 1 aromatic carbocycles. The maximum Gasteiger partial charge on any atom is 0.365 e. The first-order chi connectivity index (χ1) is 8.58. The topological polar surface area (TPSA) is 102 Å². The second-order valence-electron chi connectivity index (χ2n) is 3.53. The van der Waals surface area contributed by atoms with Gasteiger partial charge in [0.05, 0.1) is 10.5 Å². The van der Waals surface area contributed by atoms with Crippen LogP contribution in [-0.2, 0) is 9.63 Å². The average molecular weight is 251 g/mol. The van der Waals surface area contributed by atoms with E-state index in [0.717, 1.165) is 5.17 Å². The minimum absolute atomic E-state index is 0.123. The number of nitrogens with one attached hydrogen (secondary N) is 1. The van der Waals surface area contributed by atoms with Crippen molar-refractivity contribution in [3.63, 3.8) is 0 Å². The minimum atomic E-state index is -0.757. The van der Waals surface area contributed by atoms with Crippen molar-refractivity contribution >= 4 is 17.6 Å². The number of hydrogen-bond donors (Lipinski definition) is 1. The lowest BCUT2D eigenvalue weighted by molar-refractivity contribution is -0.384. The number of nitro groups is 1. The van der Waals surface area contributed by atoms with Gasteiger partial charge >= 0.3 is 5.97 Å². The molecule has 1 aliphatic heterocycles. The van der Waals surface area contributed by atoms with Gasteiger partial charge in [0.15, 0.2) is 0 Å². The second-order valence-corrected chi connectivity index (χ2v) is 3.53. The van der Waals surface area contributed by atoms with Crippen molar-refractivity contribution in [1.82, 2.24) is 10.6 Å². The number of nitro benzene ring substituents is 1. The summed E-state index contributed by atoms with van der Waals surface area (Å²) < 4.78 is 0. The molecule has 0 radical (unpaired) electrons. The van der Waals surface area contributed by atoms with Crippen molar-refractivity contribution in [1.29, 1.82) is 0 Å². The summed E-state index contributed by atoms with van der Waals surface area (Å²) in [5, 5.41) is 11.2. The third kappa shape index (κ3) is 2.43. The standard InChI is InChI=1S/C10H9N3O5/c14-9-5-6-11-12(9)18-10(15)7-1-3-8(4-2-7)13(16)17/h1-4,11H,5-6H2. The molecule has 0 aromatic heterocycles. The zero-order valence-corrected chi connectivity index (χ0v) is 9.16. The first kappa shape index (κ1) is 12.0. The van der Waals surface area contributed by atoms with Gasteiger partial charge in [-0.25, -0.2) is 4.79 Å². The van der Waals surface area contributed by atoms with Gasteiger partial charge in [-0.3, -0.25) is 14.9 Å². The first-order valence-electron chi connectivity index (χ1n) is 5.11. The number of benzene rings is 1. The van der Waals surface area contributed by atoms with Crippen molar-refractivity contribution in [3.8, 4) is 0 Å². The highest BCUT2D eigenvalue weighted by Crippen LogP contribution is 2.13. The number of non-ortho nitro benzene ring substituents is 1. The summed E-state index contributed by atoms with van der Waals surface area (Å²) >= 11 is 0. The van der Waals surface area contributed by atoms with Crippen LogP contribution < -0.4 is 5.43 Å². The summed E-state index contributed by atoms with van der Waals surface area (Å²) in [6.45, 7) is 0.409. The molecule has 1 aromatic rings. The van der Waals surface area contributed by atoms with E-state index in [4.69, 9.17) is 4.84 Å². The molecule has 0 bridgehead atoms. The van der Waals surface area contributed by atoms with Crippen LogP contribution in [0.25, 0.3) is 0 Å². The number of hydroxylamine groups is 1. The molecule has 0 atom stereocenters. The zero-order chi connectivity index (χ0) is 13.1. The Hall–Kier alpha value is -2.48. The number of hydrazine groups is 1. The molecule has 1 heterocycles. The summed E-state index contributed by atoms with van der Waals surface area (Å²) in [5.74, 6) is -1.10. The van der Waals surface area contributed by atoms with Crippen LogP contribution in [0.1, 0.15) is 16.8 Å². The number of hydrogen-bond acceptors (Lipinski definition) is 6. The molecule has 8 nitrogen and oxygen atoms in total. The number of rotatable bonds is 3. The quantitative estimate of drug-likeness (QED) is 0.616. The fourth-order valence-electron chi connectivity index (χ4n) is 1.39. The highest BCUT2D eigenvalue weighted by atomic mass is 16.7. The van der Waals surface area contributed by atoms with E-state index in [1.54, 1.807) is 0 Å². The largest absolute Gasteiger partial charge is 0.365 e. The smallest absolute Gasteiger partial charge is 0.317 e. The van der Waals surface area contributed by atoms with Crippen molar-refractivity contribution in [2.45, 2.75) is 6.42 Å². The number of carbonyl (C=O) groups is 2. The fourth-order valence-corrected chi connectivity index (χ4v) is 1.39. The molecule has 1 aliphatic rings. The lowest BCUT2D eigenvalue weighted by atomic mass is 10.2. The SMILES string of the molecule is O=C(ON1NCCC1=O)c1ccc([N+](=O)[O-])cc1. The van der Waals surface area contributed by atoms with E-state index < -0.39 is 10.9 Å². The number of carbonyl (C=O) groups excluding carboxylic acids is 2. The van der Waals surface area contributed by atoms with E-state index >= 15 is 0 Å². The van der Waals surface area contributed by atoms with Gasteiger partial charge in [0.2, 0.25) is 0 Å². The van der Waals surface area contributed by atoms with Gasteiger partial charge in [0.1, 0.15) is 0 Å². The highest BCUT2D eigenvalue weighted by molar-refractivity contribution is 5.90. The summed E-state index contributed by atoms with van der Waals surface area (Å²) in [6.07, 6.45) is 0.257. The third-order valence-corrected chi connectivity index (χ3v) is 2.31. The molecule has 18 heavy (non-hydrogen) atoms. The average Bonchev–Trinajstić information content (AvgIpc) is 2.75. The normalized spacial score (nSPS) is 14.7. The van der Waals surface area contributed by atoms with Crippen LogP contribution in [0, 0.1) is 10.1 Å². The van der Waals surface area contributed by atoms with Crippen molar-refractivity contribution < 1.29 is 19.3 Å². The van der Waals surface area contributed by atoms with Crippen LogP contribution in [0.3, 0.4) is 0 Å². The number of nitrogens with zero attached hydrogens (tertiary/aromatic N) is 2. The van der Waals surface area contributed by atoms with Gasteiger partial charge in [-0.2, -0.15) is 5.43 Å². The Morgan fingerprint density at radius 3 is 2.56 bits per heavy atom. The second kappa shape index (κ2) is 4.80. The van der Waals surface area contributed by atoms with Gasteiger partial charge in [-0.15, -0.1) is 0 Å². The van der Waals surface area contributed by atoms with E-state index in [0.29, 0.717) is 6.54 Å². The minimum Gasteiger partial charge on any atom is -0.317 e. The van der Waals surface area contributed by atoms with Crippen molar-refractivity contribution in [2.24, 2.45) is 0 Å². The van der Waals surface area contributed by atoms with Crippen LogP contribution in [-0.4, -0.2) is 28.5 Å². The fraction of sp³-hybridized carbons (Fsp3) is 0.200. The Bertz CT molecular complexity index is 499. The molecule has 0 saturated carbocycles. The molecule has 0 spiro atoms. The Morgan fingerprint density at radius 1 is 1.39 bits per heavy atom. The van der Waals surface area contributed by atoms with E-state index in [2.05, 4.69) is 5.43 Å². The molecule has 94 valence electrons. The predicted octanol–water partition coefficient (Wildman–Crippen LogP) is 0.403. The Kier molecular flexibility index (Phi) is 3.20. The number of amides is 1. The maximum atomic E-state index is 11.6. The summed E-state index contributed by atoms with van der Waals surface area (Å²) in [6, 6.07) is 4.91. The zero-order valence-electron chi connectivity index (χ0n) is 9.16. The van der Waals surface area contributed by atoms with E-state index in [1.165, 1.54) is 24.3 Å². The van der Waals surface area contributed by atoms with Gasteiger partial charge in [0, 0.05) is 25.1 Å². The van der Waals surface area contributed by atoms with Crippen LogP contribution in [0.4, 0.5) is 5.69 Å². The lowest BCUT2D eigenvalue weighted by Crippen LogP contribution is -2.36. The van der Waals surface area contributed by atoms with Crippen LogP contribution in [0.2, 0.25) is 0 Å². The molecule has 2 rings (SSSR count). The Balaban J connectivity index is 2.04. The van der Waals surface area contributed by atoms with Gasteiger partial charge in [0.25, 0.3) is 11.6 Å². The molecule has 0 aliphatic carbocycles. The Labute approximate surface area is 101 Å². The van der Waals surface area contributed by atoms with Gasteiger partial charge in [-0.05, 0) is 12.1 Å². The summed E-state index contributed by atoms with van der Waals surface area (Å²) in [4.78, 5) is 37.4. The molecule has 1 fully saturated rings. The molecule has 8 heteroatoms. The van der Waals surface area contributed by atoms with Gasteiger partial charge in [-0.1, -0.05) is 5.17 Å². The highest BCUT2D eigenvalue weighted by Gasteiger charge is 2.24. The van der Waals surface area contributed by atoms with Crippen LogP contribution >= 0.6 is 0 Å². The lowest BCUT2D eigenvalue weighted by Gasteiger charge is -2.13.